The minimum atomic E-state index is -1.45. The van der Waals surface area contributed by atoms with Crippen LogP contribution < -0.4 is 10.6 Å². The molecule has 1 atom stereocenters. The predicted molar refractivity (Wildman–Crippen MR) is 125 cm³/mol. The van der Waals surface area contributed by atoms with Crippen molar-refractivity contribution in [3.05, 3.63) is 71.3 Å². The third-order valence-electron chi connectivity index (χ3n) is 5.59. The smallest absolute Gasteiger partial charge is 0.408 e. The summed E-state index contributed by atoms with van der Waals surface area (Å²) in [6.45, 7) is 3.83. The average molecular weight is 463 g/mol. The molecule has 3 aromatic rings. The molecule has 4 N–H and O–H groups in total. The number of carbonyl (C=O) groups is 2. The second-order valence-corrected chi connectivity index (χ2v) is 8.29. The number of rotatable bonds is 7. The number of aryl methyl sites for hydroxylation is 2. The molecule has 176 valence electrons. The Labute approximate surface area is 196 Å². The molecule has 1 unspecified atom stereocenters. The zero-order valence-electron chi connectivity index (χ0n) is 19.0. The van der Waals surface area contributed by atoms with Gasteiger partial charge in [0.2, 0.25) is 0 Å². The Morgan fingerprint density at radius 1 is 1.15 bits per heavy atom. The number of aromatic amines is 1. The van der Waals surface area contributed by atoms with E-state index >= 15 is 0 Å². The highest BCUT2D eigenvalue weighted by Gasteiger charge is 2.42. The zero-order chi connectivity index (χ0) is 24.1. The standard InChI is InChI=1S/C24H26N6O4/c1-15-12-19(26-20-13-16(2)29-30-20)27-21(25-15)18-8-10-24(11-9-18,22(31)32)28-23(33)34-14-17-6-4-3-5-7-17/h3-8,12-13H,9-11,14H2,1-2H3,(H,28,33)(H,31,32)(H2,25,26,27,29,30). The van der Waals surface area contributed by atoms with Gasteiger partial charge in [-0.05, 0) is 37.8 Å². The molecule has 1 aromatic carbocycles. The van der Waals surface area contributed by atoms with Crippen LogP contribution in [0.2, 0.25) is 0 Å². The van der Waals surface area contributed by atoms with Crippen LogP contribution in [0.4, 0.5) is 16.4 Å². The normalized spacial score (nSPS) is 17.5. The Balaban J connectivity index is 1.45. The van der Waals surface area contributed by atoms with E-state index in [4.69, 9.17) is 4.74 Å². The van der Waals surface area contributed by atoms with Gasteiger partial charge >= 0.3 is 12.1 Å². The Morgan fingerprint density at radius 2 is 1.94 bits per heavy atom. The lowest BCUT2D eigenvalue weighted by molar-refractivity contribution is -0.145. The van der Waals surface area contributed by atoms with E-state index in [1.807, 2.05) is 56.3 Å². The number of alkyl carbamates (subject to hydrolysis) is 1. The first-order valence-corrected chi connectivity index (χ1v) is 10.9. The lowest BCUT2D eigenvalue weighted by atomic mass is 9.82. The summed E-state index contributed by atoms with van der Waals surface area (Å²) in [6.07, 6.45) is 1.67. The van der Waals surface area contributed by atoms with Crippen molar-refractivity contribution in [2.75, 3.05) is 5.32 Å². The number of aromatic nitrogens is 4. The van der Waals surface area contributed by atoms with Gasteiger partial charge in [0.25, 0.3) is 0 Å². The van der Waals surface area contributed by atoms with Crippen molar-refractivity contribution >= 4 is 29.3 Å². The highest BCUT2D eigenvalue weighted by atomic mass is 16.5. The molecule has 34 heavy (non-hydrogen) atoms. The monoisotopic (exact) mass is 462 g/mol. The lowest BCUT2D eigenvalue weighted by Crippen LogP contribution is -2.55. The molecule has 2 heterocycles. The predicted octanol–water partition coefficient (Wildman–Crippen LogP) is 3.88. The van der Waals surface area contributed by atoms with Crippen LogP contribution in [0.25, 0.3) is 5.57 Å². The maximum absolute atomic E-state index is 12.4. The molecule has 0 spiro atoms. The largest absolute Gasteiger partial charge is 0.479 e. The third-order valence-corrected chi connectivity index (χ3v) is 5.59. The molecule has 10 nitrogen and oxygen atoms in total. The fraction of sp³-hybridized carbons (Fsp3) is 0.292. The first-order chi connectivity index (χ1) is 16.3. The number of H-pyrrole nitrogens is 1. The van der Waals surface area contributed by atoms with E-state index in [0.29, 0.717) is 23.9 Å². The average Bonchev–Trinajstić information content (AvgIpc) is 3.22. The van der Waals surface area contributed by atoms with Crippen molar-refractivity contribution in [3.63, 3.8) is 0 Å². The minimum absolute atomic E-state index is 0.0614. The summed E-state index contributed by atoms with van der Waals surface area (Å²) in [5.41, 5.74) is 1.87. The molecule has 0 radical (unpaired) electrons. The van der Waals surface area contributed by atoms with Crippen LogP contribution in [0.5, 0.6) is 0 Å². The van der Waals surface area contributed by atoms with Crippen LogP contribution in [0.3, 0.4) is 0 Å². The van der Waals surface area contributed by atoms with Gasteiger partial charge in [0, 0.05) is 29.9 Å². The number of benzene rings is 1. The van der Waals surface area contributed by atoms with Crippen LogP contribution in [0.15, 0.2) is 48.5 Å². The molecule has 1 aliphatic rings. The minimum Gasteiger partial charge on any atom is -0.479 e. The number of allylic oxidation sites excluding steroid dienone is 1. The number of nitrogens with zero attached hydrogens (tertiary/aromatic N) is 3. The number of hydrogen-bond acceptors (Lipinski definition) is 7. The molecule has 0 aliphatic heterocycles. The SMILES string of the molecule is Cc1cc(Nc2cc(C)[nH]n2)nc(C2=CCC(NC(=O)OCc3ccccc3)(C(=O)O)CC2)n1. The Hall–Kier alpha value is -4.21. The number of nitrogens with one attached hydrogen (secondary N) is 3. The quantitative estimate of drug-likeness (QED) is 0.414. The number of ether oxygens (including phenoxy) is 1. The van der Waals surface area contributed by atoms with Gasteiger partial charge < -0.3 is 20.5 Å². The first kappa shape index (κ1) is 23.0. The van der Waals surface area contributed by atoms with Crippen molar-refractivity contribution in [2.45, 2.75) is 45.3 Å². The number of aliphatic carboxylic acids is 1. The van der Waals surface area contributed by atoms with Crippen LogP contribution in [-0.2, 0) is 16.1 Å². The van der Waals surface area contributed by atoms with E-state index in [1.54, 1.807) is 6.08 Å². The number of amides is 1. The lowest BCUT2D eigenvalue weighted by Gasteiger charge is -2.32. The Morgan fingerprint density at radius 3 is 2.59 bits per heavy atom. The number of carboxylic acid groups (broad SMARTS) is 1. The number of carboxylic acids is 1. The molecule has 0 saturated heterocycles. The van der Waals surface area contributed by atoms with Gasteiger partial charge in [0.15, 0.2) is 11.6 Å². The summed E-state index contributed by atoms with van der Waals surface area (Å²) in [4.78, 5) is 33.5. The van der Waals surface area contributed by atoms with Crippen LogP contribution in [0, 0.1) is 13.8 Å². The van der Waals surface area contributed by atoms with Gasteiger partial charge in [0.1, 0.15) is 18.0 Å². The summed E-state index contributed by atoms with van der Waals surface area (Å²) >= 11 is 0. The highest BCUT2D eigenvalue weighted by molar-refractivity contribution is 5.86. The van der Waals surface area contributed by atoms with E-state index in [2.05, 4.69) is 30.8 Å². The molecule has 2 aromatic heterocycles. The van der Waals surface area contributed by atoms with Crippen LogP contribution >= 0.6 is 0 Å². The Bertz CT molecular complexity index is 1220. The van der Waals surface area contributed by atoms with E-state index in [9.17, 15) is 14.7 Å². The third kappa shape index (κ3) is 5.40. The summed E-state index contributed by atoms with van der Waals surface area (Å²) in [5, 5.41) is 22.6. The first-order valence-electron chi connectivity index (χ1n) is 10.9. The maximum Gasteiger partial charge on any atom is 0.408 e. The van der Waals surface area contributed by atoms with Crippen molar-refractivity contribution < 1.29 is 19.4 Å². The fourth-order valence-electron chi connectivity index (χ4n) is 3.76. The van der Waals surface area contributed by atoms with E-state index in [-0.39, 0.29) is 19.4 Å². The fourth-order valence-corrected chi connectivity index (χ4v) is 3.76. The van der Waals surface area contributed by atoms with E-state index in [0.717, 1.165) is 22.5 Å². The van der Waals surface area contributed by atoms with Gasteiger partial charge in [-0.25, -0.2) is 19.6 Å². The van der Waals surface area contributed by atoms with Gasteiger partial charge in [-0.1, -0.05) is 36.4 Å². The van der Waals surface area contributed by atoms with Gasteiger partial charge in [0.05, 0.1) is 0 Å². The zero-order valence-corrected chi connectivity index (χ0v) is 19.0. The molecule has 1 amide bonds. The highest BCUT2D eigenvalue weighted by Crippen LogP contribution is 2.33. The molecular formula is C24H26N6O4. The molecule has 10 heteroatoms. The second kappa shape index (κ2) is 9.74. The molecule has 0 bridgehead atoms. The Kier molecular flexibility index (Phi) is 6.58. The molecular weight excluding hydrogens is 436 g/mol. The van der Waals surface area contributed by atoms with E-state index in [1.165, 1.54) is 0 Å². The second-order valence-electron chi connectivity index (χ2n) is 8.29. The molecule has 0 fully saturated rings. The molecule has 1 aliphatic carbocycles. The number of hydrogen-bond donors (Lipinski definition) is 4. The van der Waals surface area contributed by atoms with Crippen molar-refractivity contribution in [3.8, 4) is 0 Å². The summed E-state index contributed by atoms with van der Waals surface area (Å²) < 4.78 is 5.23. The van der Waals surface area contributed by atoms with E-state index < -0.39 is 17.6 Å². The molecule has 0 saturated carbocycles. The van der Waals surface area contributed by atoms with Gasteiger partial charge in [-0.15, -0.1) is 0 Å². The maximum atomic E-state index is 12.4. The summed E-state index contributed by atoms with van der Waals surface area (Å²) in [6, 6.07) is 12.9. The van der Waals surface area contributed by atoms with Crippen LogP contribution in [-0.4, -0.2) is 42.9 Å². The summed E-state index contributed by atoms with van der Waals surface area (Å²) in [5.74, 6) is 0.635. The van der Waals surface area contributed by atoms with Gasteiger partial charge in [-0.3, -0.25) is 5.10 Å². The summed E-state index contributed by atoms with van der Waals surface area (Å²) in [7, 11) is 0. The topological polar surface area (TPSA) is 142 Å². The number of anilines is 2. The van der Waals surface area contributed by atoms with Crippen molar-refractivity contribution in [2.24, 2.45) is 0 Å². The van der Waals surface area contributed by atoms with Crippen molar-refractivity contribution in [1.82, 2.24) is 25.5 Å². The van der Waals surface area contributed by atoms with Crippen LogP contribution in [0.1, 0.15) is 42.0 Å². The van der Waals surface area contributed by atoms with Gasteiger partial charge in [-0.2, -0.15) is 5.10 Å². The van der Waals surface area contributed by atoms with Crippen molar-refractivity contribution in [1.29, 1.82) is 0 Å². The number of carbonyl (C=O) groups excluding carboxylic acids is 1. The molecule has 4 rings (SSSR count).